The Morgan fingerprint density at radius 3 is 2.43 bits per heavy atom. The fraction of sp³-hybridized carbons (Fsp3) is 0.909. The van der Waals surface area contributed by atoms with Gasteiger partial charge in [-0.3, -0.25) is 9.69 Å². The number of carbonyl (C=O) groups is 1. The normalized spacial score (nSPS) is 21.1. The lowest BCUT2D eigenvalue weighted by atomic mass is 9.84. The summed E-state index contributed by atoms with van der Waals surface area (Å²) in [5, 5.41) is 10.2. The SMILES string of the molecule is CC(=O)CN(C)CC1(O)CCCCC1. The standard InChI is InChI=1S/C11H21NO2/c1-10(13)8-12(2)9-11(14)6-4-3-5-7-11/h14H,3-9H2,1-2H3. The summed E-state index contributed by atoms with van der Waals surface area (Å²) < 4.78 is 0. The van der Waals surface area contributed by atoms with Crippen LogP contribution in [0.15, 0.2) is 0 Å². The van der Waals surface area contributed by atoms with Gasteiger partial charge in [0.2, 0.25) is 0 Å². The third-order valence-corrected chi connectivity index (χ3v) is 2.84. The van der Waals surface area contributed by atoms with Gasteiger partial charge in [0.25, 0.3) is 0 Å². The Morgan fingerprint density at radius 2 is 1.93 bits per heavy atom. The van der Waals surface area contributed by atoms with Crippen LogP contribution in [0.3, 0.4) is 0 Å². The van der Waals surface area contributed by atoms with Crippen LogP contribution in [0.4, 0.5) is 0 Å². The largest absolute Gasteiger partial charge is 0.389 e. The number of ketones is 1. The van der Waals surface area contributed by atoms with Gasteiger partial charge < -0.3 is 5.11 Å². The second kappa shape index (κ2) is 4.89. The predicted octanol–water partition coefficient (Wildman–Crippen LogP) is 1.20. The average Bonchev–Trinajstić information content (AvgIpc) is 2.02. The first-order chi connectivity index (χ1) is 6.52. The van der Waals surface area contributed by atoms with E-state index in [9.17, 15) is 9.90 Å². The summed E-state index contributed by atoms with van der Waals surface area (Å²) in [6.07, 6.45) is 5.23. The number of hydrogen-bond acceptors (Lipinski definition) is 3. The third kappa shape index (κ3) is 3.76. The maximum Gasteiger partial charge on any atom is 0.143 e. The average molecular weight is 199 g/mol. The van der Waals surface area contributed by atoms with Gasteiger partial charge in [-0.05, 0) is 26.8 Å². The zero-order valence-corrected chi connectivity index (χ0v) is 9.25. The van der Waals surface area contributed by atoms with Crippen LogP contribution < -0.4 is 0 Å². The molecule has 0 bridgehead atoms. The Kier molecular flexibility index (Phi) is 4.08. The minimum absolute atomic E-state index is 0.159. The number of carbonyl (C=O) groups excluding carboxylic acids is 1. The quantitative estimate of drug-likeness (QED) is 0.739. The van der Waals surface area contributed by atoms with Crippen LogP contribution in [0, 0.1) is 0 Å². The number of rotatable bonds is 4. The molecule has 0 spiro atoms. The lowest BCUT2D eigenvalue weighted by Crippen LogP contribution is -2.44. The van der Waals surface area contributed by atoms with Crippen LogP contribution in [-0.4, -0.2) is 41.5 Å². The molecule has 0 aromatic heterocycles. The van der Waals surface area contributed by atoms with Gasteiger partial charge >= 0.3 is 0 Å². The molecule has 1 aliphatic carbocycles. The van der Waals surface area contributed by atoms with Gasteiger partial charge in [0.05, 0.1) is 12.1 Å². The molecule has 0 atom stereocenters. The van der Waals surface area contributed by atoms with Gasteiger partial charge in [0.1, 0.15) is 5.78 Å². The Balaban J connectivity index is 2.36. The van der Waals surface area contributed by atoms with Crippen molar-refractivity contribution in [3.8, 4) is 0 Å². The summed E-state index contributed by atoms with van der Waals surface area (Å²) in [6.45, 7) is 2.66. The number of nitrogens with zero attached hydrogens (tertiary/aromatic N) is 1. The summed E-state index contributed by atoms with van der Waals surface area (Å²) >= 11 is 0. The monoisotopic (exact) mass is 199 g/mol. The van der Waals surface area contributed by atoms with Crippen LogP contribution in [0.5, 0.6) is 0 Å². The van der Waals surface area contributed by atoms with Crippen LogP contribution in [-0.2, 0) is 4.79 Å². The van der Waals surface area contributed by atoms with E-state index >= 15 is 0 Å². The van der Waals surface area contributed by atoms with E-state index in [4.69, 9.17) is 0 Å². The molecule has 82 valence electrons. The molecule has 0 aromatic rings. The number of aliphatic hydroxyl groups is 1. The molecule has 0 unspecified atom stereocenters. The van der Waals surface area contributed by atoms with Crippen molar-refractivity contribution in [3.63, 3.8) is 0 Å². The Bertz CT molecular complexity index is 197. The van der Waals surface area contributed by atoms with Crippen molar-refractivity contribution in [2.24, 2.45) is 0 Å². The molecule has 0 aliphatic heterocycles. The zero-order chi connectivity index (χ0) is 10.6. The molecule has 1 fully saturated rings. The van der Waals surface area contributed by atoms with Gasteiger partial charge in [-0.25, -0.2) is 0 Å². The second-order valence-corrected chi connectivity index (χ2v) is 4.66. The van der Waals surface area contributed by atoms with Gasteiger partial charge in [-0.2, -0.15) is 0 Å². The summed E-state index contributed by atoms with van der Waals surface area (Å²) in [5.41, 5.74) is -0.539. The highest BCUT2D eigenvalue weighted by atomic mass is 16.3. The summed E-state index contributed by atoms with van der Waals surface area (Å²) in [4.78, 5) is 12.8. The molecule has 0 heterocycles. The first kappa shape index (κ1) is 11.7. The number of likely N-dealkylation sites (N-methyl/N-ethyl adjacent to an activating group) is 1. The maximum atomic E-state index is 10.9. The molecule has 1 saturated carbocycles. The highest BCUT2D eigenvalue weighted by Gasteiger charge is 2.30. The Hall–Kier alpha value is -0.410. The molecule has 3 heteroatoms. The predicted molar refractivity (Wildman–Crippen MR) is 56.2 cm³/mol. The number of Topliss-reactive ketones (excluding diaryl/α,β-unsaturated/α-hetero) is 1. The van der Waals surface area contributed by atoms with Gasteiger partial charge in [-0.15, -0.1) is 0 Å². The van der Waals surface area contributed by atoms with Crippen LogP contribution in [0.1, 0.15) is 39.0 Å². The van der Waals surface area contributed by atoms with Crippen molar-refractivity contribution < 1.29 is 9.90 Å². The van der Waals surface area contributed by atoms with E-state index in [1.807, 2.05) is 11.9 Å². The Morgan fingerprint density at radius 1 is 1.36 bits per heavy atom. The van der Waals surface area contributed by atoms with Crippen molar-refractivity contribution in [2.75, 3.05) is 20.1 Å². The molecule has 0 radical (unpaired) electrons. The van der Waals surface area contributed by atoms with Crippen molar-refractivity contribution in [3.05, 3.63) is 0 Å². The molecule has 14 heavy (non-hydrogen) atoms. The highest BCUT2D eigenvalue weighted by Crippen LogP contribution is 2.28. The van der Waals surface area contributed by atoms with Gasteiger partial charge in [0, 0.05) is 6.54 Å². The zero-order valence-electron chi connectivity index (χ0n) is 9.25. The molecule has 1 N–H and O–H groups in total. The van der Waals surface area contributed by atoms with Gasteiger partial charge in [0.15, 0.2) is 0 Å². The van der Waals surface area contributed by atoms with Crippen molar-refractivity contribution in [2.45, 2.75) is 44.6 Å². The van der Waals surface area contributed by atoms with E-state index < -0.39 is 5.60 Å². The summed E-state index contributed by atoms with van der Waals surface area (Å²) in [7, 11) is 1.90. The molecule has 1 aliphatic rings. The van der Waals surface area contributed by atoms with Crippen LogP contribution in [0.25, 0.3) is 0 Å². The fourth-order valence-electron chi connectivity index (χ4n) is 2.31. The Labute approximate surface area is 86.1 Å². The first-order valence-corrected chi connectivity index (χ1v) is 5.42. The lowest BCUT2D eigenvalue weighted by molar-refractivity contribution is -0.118. The van der Waals surface area contributed by atoms with E-state index in [0.29, 0.717) is 13.1 Å². The van der Waals surface area contributed by atoms with Crippen molar-refractivity contribution >= 4 is 5.78 Å². The molecule has 1 rings (SSSR count). The summed E-state index contributed by atoms with van der Waals surface area (Å²) in [6, 6.07) is 0. The third-order valence-electron chi connectivity index (χ3n) is 2.84. The van der Waals surface area contributed by atoms with E-state index in [1.165, 1.54) is 6.42 Å². The topological polar surface area (TPSA) is 40.5 Å². The minimum atomic E-state index is -0.539. The maximum absolute atomic E-state index is 10.9. The fourth-order valence-corrected chi connectivity index (χ4v) is 2.31. The molecule has 3 nitrogen and oxygen atoms in total. The minimum Gasteiger partial charge on any atom is -0.389 e. The van der Waals surface area contributed by atoms with Crippen molar-refractivity contribution in [1.82, 2.24) is 4.90 Å². The van der Waals surface area contributed by atoms with E-state index in [1.54, 1.807) is 6.92 Å². The van der Waals surface area contributed by atoms with Gasteiger partial charge in [-0.1, -0.05) is 19.3 Å². The van der Waals surface area contributed by atoms with Crippen LogP contribution in [0.2, 0.25) is 0 Å². The second-order valence-electron chi connectivity index (χ2n) is 4.66. The van der Waals surface area contributed by atoms with E-state index in [2.05, 4.69) is 0 Å². The van der Waals surface area contributed by atoms with Crippen LogP contribution >= 0.6 is 0 Å². The molecule has 0 aromatic carbocycles. The number of hydrogen-bond donors (Lipinski definition) is 1. The highest BCUT2D eigenvalue weighted by molar-refractivity contribution is 5.77. The molecule has 0 saturated heterocycles. The molecule has 0 amide bonds. The smallest absolute Gasteiger partial charge is 0.143 e. The van der Waals surface area contributed by atoms with E-state index in [-0.39, 0.29) is 5.78 Å². The summed E-state index contributed by atoms with van der Waals surface area (Å²) in [5.74, 6) is 0.159. The van der Waals surface area contributed by atoms with E-state index in [0.717, 1.165) is 25.7 Å². The molecular formula is C11H21NO2. The molecular weight excluding hydrogens is 178 g/mol. The van der Waals surface area contributed by atoms with Crippen molar-refractivity contribution in [1.29, 1.82) is 0 Å². The lowest BCUT2D eigenvalue weighted by Gasteiger charge is -2.35. The first-order valence-electron chi connectivity index (χ1n) is 5.42.